The van der Waals surface area contributed by atoms with Crippen molar-refractivity contribution >= 4 is 5.97 Å². The second-order valence-corrected chi connectivity index (χ2v) is 4.41. The Morgan fingerprint density at radius 2 is 1.88 bits per heavy atom. The summed E-state index contributed by atoms with van der Waals surface area (Å²) in [4.78, 5) is 11.0. The van der Waals surface area contributed by atoms with Crippen molar-refractivity contribution in [3.05, 3.63) is 23.7 Å². The van der Waals surface area contributed by atoms with E-state index in [1.54, 1.807) is 0 Å². The van der Waals surface area contributed by atoms with Crippen molar-refractivity contribution in [1.82, 2.24) is 0 Å². The maximum absolute atomic E-state index is 11.0. The van der Waals surface area contributed by atoms with Crippen LogP contribution < -0.4 is 0 Å². The standard InChI is InChI=1S/C12H16O4/c13-11(14)9-5-8-16-10(9)12(15)6-3-1-2-4-7-12/h5,8,15H,1-4,6-7H2,(H,13,14). The molecule has 1 saturated carbocycles. The van der Waals surface area contributed by atoms with Crippen LogP contribution in [0.1, 0.15) is 54.6 Å². The van der Waals surface area contributed by atoms with Gasteiger partial charge in [0.15, 0.2) is 0 Å². The second-order valence-electron chi connectivity index (χ2n) is 4.41. The van der Waals surface area contributed by atoms with Crippen molar-refractivity contribution in [2.24, 2.45) is 0 Å². The van der Waals surface area contributed by atoms with E-state index < -0.39 is 11.6 Å². The first-order chi connectivity index (χ1) is 7.63. The average Bonchev–Trinajstić information content (AvgIpc) is 2.64. The summed E-state index contributed by atoms with van der Waals surface area (Å²) >= 11 is 0. The van der Waals surface area contributed by atoms with Crippen LogP contribution in [-0.2, 0) is 5.60 Å². The van der Waals surface area contributed by atoms with E-state index >= 15 is 0 Å². The summed E-state index contributed by atoms with van der Waals surface area (Å²) in [6.45, 7) is 0. The maximum Gasteiger partial charge on any atom is 0.339 e. The number of rotatable bonds is 2. The third-order valence-corrected chi connectivity index (χ3v) is 3.25. The molecule has 4 nitrogen and oxygen atoms in total. The van der Waals surface area contributed by atoms with Crippen LogP contribution in [0, 0.1) is 0 Å². The third-order valence-electron chi connectivity index (χ3n) is 3.25. The highest BCUT2D eigenvalue weighted by Crippen LogP contribution is 2.37. The van der Waals surface area contributed by atoms with Gasteiger partial charge in [0.25, 0.3) is 0 Å². The molecular weight excluding hydrogens is 208 g/mol. The Morgan fingerprint density at radius 3 is 2.44 bits per heavy atom. The van der Waals surface area contributed by atoms with Gasteiger partial charge in [-0.25, -0.2) is 4.79 Å². The molecule has 1 aromatic rings. The number of carbonyl (C=O) groups is 1. The lowest BCUT2D eigenvalue weighted by Gasteiger charge is -2.24. The predicted molar refractivity (Wildman–Crippen MR) is 57.3 cm³/mol. The van der Waals surface area contributed by atoms with Gasteiger partial charge in [-0.05, 0) is 18.9 Å². The van der Waals surface area contributed by atoms with Gasteiger partial charge in [0.05, 0.1) is 6.26 Å². The van der Waals surface area contributed by atoms with Gasteiger partial charge in [0.2, 0.25) is 0 Å². The van der Waals surface area contributed by atoms with Crippen molar-refractivity contribution in [3.8, 4) is 0 Å². The summed E-state index contributed by atoms with van der Waals surface area (Å²) in [5.41, 5.74) is -1.00. The quantitative estimate of drug-likeness (QED) is 0.757. The van der Waals surface area contributed by atoms with Crippen LogP contribution in [-0.4, -0.2) is 16.2 Å². The summed E-state index contributed by atoms with van der Waals surface area (Å²) in [5.74, 6) is -0.816. The zero-order valence-corrected chi connectivity index (χ0v) is 9.11. The largest absolute Gasteiger partial charge is 0.478 e. The van der Waals surface area contributed by atoms with Gasteiger partial charge >= 0.3 is 5.97 Å². The molecule has 1 aliphatic rings. The summed E-state index contributed by atoms with van der Waals surface area (Å²) in [6, 6.07) is 1.40. The number of aliphatic hydroxyl groups is 1. The zero-order chi connectivity index (χ0) is 11.6. The Labute approximate surface area is 93.9 Å². The Hall–Kier alpha value is -1.29. The first-order valence-electron chi connectivity index (χ1n) is 5.67. The summed E-state index contributed by atoms with van der Waals surface area (Å²) in [7, 11) is 0. The molecule has 0 saturated heterocycles. The van der Waals surface area contributed by atoms with E-state index in [2.05, 4.69) is 0 Å². The fourth-order valence-electron chi connectivity index (χ4n) is 2.38. The van der Waals surface area contributed by atoms with Crippen molar-refractivity contribution in [1.29, 1.82) is 0 Å². The summed E-state index contributed by atoms with van der Waals surface area (Å²) in [6.07, 6.45) is 6.51. The van der Waals surface area contributed by atoms with Crippen LogP contribution in [0.2, 0.25) is 0 Å². The summed E-state index contributed by atoms with van der Waals surface area (Å²) in [5, 5.41) is 19.5. The van der Waals surface area contributed by atoms with Crippen LogP contribution in [0.15, 0.2) is 16.7 Å². The van der Waals surface area contributed by atoms with Crippen LogP contribution in [0.25, 0.3) is 0 Å². The zero-order valence-electron chi connectivity index (χ0n) is 9.11. The van der Waals surface area contributed by atoms with Crippen LogP contribution in [0.4, 0.5) is 0 Å². The maximum atomic E-state index is 11.0. The minimum atomic E-state index is -1.09. The number of aromatic carboxylic acids is 1. The topological polar surface area (TPSA) is 70.7 Å². The number of furan rings is 1. The van der Waals surface area contributed by atoms with E-state index in [9.17, 15) is 9.90 Å². The molecular formula is C12H16O4. The lowest BCUT2D eigenvalue weighted by Crippen LogP contribution is -2.26. The lowest BCUT2D eigenvalue weighted by molar-refractivity contribution is -0.00190. The van der Waals surface area contributed by atoms with E-state index in [0.29, 0.717) is 12.8 Å². The minimum Gasteiger partial charge on any atom is -0.478 e. The van der Waals surface area contributed by atoms with E-state index in [1.807, 2.05) is 0 Å². The first kappa shape index (κ1) is 11.2. The fourth-order valence-corrected chi connectivity index (χ4v) is 2.38. The molecule has 0 spiro atoms. The Bertz CT molecular complexity index is 372. The molecule has 1 aliphatic carbocycles. The molecule has 0 amide bonds. The van der Waals surface area contributed by atoms with Crippen LogP contribution in [0.3, 0.4) is 0 Å². The fraction of sp³-hybridized carbons (Fsp3) is 0.583. The third kappa shape index (κ3) is 1.97. The van der Waals surface area contributed by atoms with Crippen molar-refractivity contribution < 1.29 is 19.4 Å². The second kappa shape index (κ2) is 4.29. The molecule has 1 heterocycles. The highest BCUT2D eigenvalue weighted by Gasteiger charge is 2.36. The normalized spacial score (nSPS) is 20.3. The van der Waals surface area contributed by atoms with Gasteiger partial charge in [-0.1, -0.05) is 25.7 Å². The summed E-state index contributed by atoms with van der Waals surface area (Å²) < 4.78 is 5.19. The molecule has 0 aliphatic heterocycles. The van der Waals surface area contributed by atoms with Gasteiger partial charge in [-0.15, -0.1) is 0 Å². The average molecular weight is 224 g/mol. The molecule has 0 radical (unpaired) electrons. The van der Waals surface area contributed by atoms with Gasteiger partial charge in [0.1, 0.15) is 16.9 Å². The van der Waals surface area contributed by atoms with E-state index in [4.69, 9.17) is 9.52 Å². The van der Waals surface area contributed by atoms with Crippen molar-refractivity contribution in [2.75, 3.05) is 0 Å². The number of carboxylic acids is 1. The number of hydrogen-bond donors (Lipinski definition) is 2. The smallest absolute Gasteiger partial charge is 0.339 e. The SMILES string of the molecule is O=C(O)c1ccoc1C1(O)CCCCCC1. The lowest BCUT2D eigenvalue weighted by atomic mass is 9.89. The van der Waals surface area contributed by atoms with Crippen LogP contribution >= 0.6 is 0 Å². The molecule has 0 unspecified atom stereocenters. The van der Waals surface area contributed by atoms with Gasteiger partial charge in [-0.3, -0.25) is 0 Å². The van der Waals surface area contributed by atoms with Crippen molar-refractivity contribution in [2.45, 2.75) is 44.1 Å². The Kier molecular flexibility index (Phi) is 3.01. The molecule has 1 fully saturated rings. The van der Waals surface area contributed by atoms with Gasteiger partial charge in [-0.2, -0.15) is 0 Å². The van der Waals surface area contributed by atoms with Gasteiger partial charge in [0, 0.05) is 0 Å². The molecule has 2 N–H and O–H groups in total. The van der Waals surface area contributed by atoms with Crippen LogP contribution in [0.5, 0.6) is 0 Å². The monoisotopic (exact) mass is 224 g/mol. The molecule has 0 aromatic carbocycles. The Balaban J connectivity index is 2.33. The molecule has 0 atom stereocenters. The molecule has 2 rings (SSSR count). The molecule has 4 heteroatoms. The molecule has 1 aromatic heterocycles. The Morgan fingerprint density at radius 1 is 1.25 bits per heavy atom. The highest BCUT2D eigenvalue weighted by atomic mass is 16.4. The predicted octanol–water partition coefficient (Wildman–Crippen LogP) is 2.52. The van der Waals surface area contributed by atoms with Crippen molar-refractivity contribution in [3.63, 3.8) is 0 Å². The van der Waals surface area contributed by atoms with E-state index in [-0.39, 0.29) is 11.3 Å². The minimum absolute atomic E-state index is 0.0874. The first-order valence-corrected chi connectivity index (χ1v) is 5.67. The molecule has 88 valence electrons. The molecule has 16 heavy (non-hydrogen) atoms. The number of carboxylic acid groups (broad SMARTS) is 1. The van der Waals surface area contributed by atoms with Gasteiger partial charge < -0.3 is 14.6 Å². The van der Waals surface area contributed by atoms with E-state index in [1.165, 1.54) is 12.3 Å². The molecule has 0 bridgehead atoms. The number of hydrogen-bond acceptors (Lipinski definition) is 3. The van der Waals surface area contributed by atoms with E-state index in [0.717, 1.165) is 25.7 Å². The highest BCUT2D eigenvalue weighted by molar-refractivity contribution is 5.89.